The fraction of sp³-hybridized carbons (Fsp3) is 0.333. The van der Waals surface area contributed by atoms with Crippen LogP contribution < -0.4 is 10.5 Å². The van der Waals surface area contributed by atoms with Crippen LogP contribution >= 0.6 is 11.8 Å². The molecule has 0 aromatic heterocycles. The third-order valence-corrected chi connectivity index (χ3v) is 4.28. The van der Waals surface area contributed by atoms with Gasteiger partial charge in [-0.2, -0.15) is 0 Å². The molecule has 0 heterocycles. The van der Waals surface area contributed by atoms with E-state index >= 15 is 0 Å². The number of nitrogens with one attached hydrogen (secondary N) is 1. The number of terminal acetylenes is 1. The van der Waals surface area contributed by atoms with Crippen molar-refractivity contribution in [1.82, 2.24) is 4.72 Å². The van der Waals surface area contributed by atoms with Crippen LogP contribution in [-0.2, 0) is 15.8 Å². The highest BCUT2D eigenvalue weighted by atomic mass is 32.2. The Morgan fingerprint density at radius 3 is 2.89 bits per heavy atom. The van der Waals surface area contributed by atoms with E-state index in [1.807, 2.05) is 0 Å². The van der Waals surface area contributed by atoms with E-state index in [0.29, 0.717) is 29.3 Å². The molecule has 0 radical (unpaired) electrons. The molecule has 0 saturated heterocycles. The van der Waals surface area contributed by atoms with Crippen molar-refractivity contribution in [1.29, 1.82) is 0 Å². The third-order valence-electron chi connectivity index (χ3n) is 2.06. The molecule has 4 nitrogen and oxygen atoms in total. The summed E-state index contributed by atoms with van der Waals surface area (Å²) in [5.74, 6) is 3.69. The molecule has 0 amide bonds. The molecule has 3 N–H and O–H groups in total. The number of hydrogen-bond donors (Lipinski definition) is 2. The monoisotopic (exact) mass is 284 g/mol. The quantitative estimate of drug-likeness (QED) is 0.446. The molecular weight excluding hydrogens is 268 g/mol. The van der Waals surface area contributed by atoms with Gasteiger partial charge in [-0.3, -0.25) is 0 Å². The number of thioether (sulfide) groups is 1. The molecule has 1 aromatic rings. The van der Waals surface area contributed by atoms with Crippen molar-refractivity contribution in [2.24, 2.45) is 0 Å². The van der Waals surface area contributed by atoms with Crippen molar-refractivity contribution >= 4 is 27.5 Å². The van der Waals surface area contributed by atoms with Crippen LogP contribution in [0.4, 0.5) is 5.69 Å². The molecule has 0 aliphatic rings. The third kappa shape index (κ3) is 5.96. The molecule has 0 aliphatic heterocycles. The Bertz CT molecular complexity index is 521. The zero-order chi connectivity index (χ0) is 13.4. The largest absolute Gasteiger partial charge is 0.399 e. The smallest absolute Gasteiger partial charge is 0.215 e. The second-order valence-corrected chi connectivity index (χ2v) is 6.57. The van der Waals surface area contributed by atoms with Gasteiger partial charge in [0, 0.05) is 18.0 Å². The van der Waals surface area contributed by atoms with Crippen LogP contribution in [0.15, 0.2) is 24.3 Å². The summed E-state index contributed by atoms with van der Waals surface area (Å²) in [7, 11) is -3.31. The number of rotatable bonds is 7. The maximum Gasteiger partial charge on any atom is 0.215 e. The maximum absolute atomic E-state index is 11.7. The van der Waals surface area contributed by atoms with Crippen LogP contribution in [0, 0.1) is 12.3 Å². The Kier molecular flexibility index (Phi) is 6.05. The van der Waals surface area contributed by atoms with Gasteiger partial charge in [0.2, 0.25) is 10.0 Å². The van der Waals surface area contributed by atoms with Crippen LogP contribution in [0.25, 0.3) is 0 Å². The normalized spacial score (nSPS) is 11.1. The summed E-state index contributed by atoms with van der Waals surface area (Å²) < 4.78 is 26.0. The molecule has 0 fully saturated rings. The lowest BCUT2D eigenvalue weighted by atomic mass is 10.2. The molecule has 1 aromatic carbocycles. The number of benzene rings is 1. The van der Waals surface area contributed by atoms with Gasteiger partial charge in [-0.25, -0.2) is 13.1 Å². The Labute approximate surface area is 112 Å². The highest BCUT2D eigenvalue weighted by molar-refractivity contribution is 7.99. The molecule has 0 aliphatic carbocycles. The van der Waals surface area contributed by atoms with Crippen molar-refractivity contribution in [3.05, 3.63) is 29.8 Å². The summed E-state index contributed by atoms with van der Waals surface area (Å²) in [5, 5.41) is 0. The number of nitrogen functional groups attached to an aromatic ring is 1. The molecule has 18 heavy (non-hydrogen) atoms. The zero-order valence-corrected chi connectivity index (χ0v) is 11.6. The van der Waals surface area contributed by atoms with Gasteiger partial charge in [0.1, 0.15) is 0 Å². The van der Waals surface area contributed by atoms with Crippen LogP contribution in [0.1, 0.15) is 5.56 Å². The van der Waals surface area contributed by atoms with E-state index in [4.69, 9.17) is 12.2 Å². The van der Waals surface area contributed by atoms with Crippen LogP contribution in [0.2, 0.25) is 0 Å². The van der Waals surface area contributed by atoms with Gasteiger partial charge in [0.15, 0.2) is 0 Å². The van der Waals surface area contributed by atoms with Gasteiger partial charge < -0.3 is 5.73 Å². The van der Waals surface area contributed by atoms with Gasteiger partial charge >= 0.3 is 0 Å². The summed E-state index contributed by atoms with van der Waals surface area (Å²) in [5.41, 5.74) is 6.84. The molecule has 0 atom stereocenters. The van der Waals surface area contributed by atoms with Crippen LogP contribution in [0.3, 0.4) is 0 Å². The first-order chi connectivity index (χ1) is 8.53. The maximum atomic E-state index is 11.7. The highest BCUT2D eigenvalue weighted by Crippen LogP contribution is 2.09. The Morgan fingerprint density at radius 2 is 2.22 bits per heavy atom. The standard InChI is InChI=1S/C12H16N2O2S2/c1-2-7-17-8-6-14-18(15,16)10-11-4-3-5-12(13)9-11/h1,3-5,9,14H,6-8,10,13H2. The Morgan fingerprint density at radius 1 is 1.44 bits per heavy atom. The zero-order valence-electron chi connectivity index (χ0n) is 9.93. The van der Waals surface area contributed by atoms with Crippen LogP contribution in [-0.4, -0.2) is 26.5 Å². The molecule has 0 saturated carbocycles. The summed E-state index contributed by atoms with van der Waals surface area (Å²) >= 11 is 1.52. The molecular formula is C12H16N2O2S2. The number of hydrogen-bond acceptors (Lipinski definition) is 4. The first kappa shape index (κ1) is 14.9. The van der Waals surface area contributed by atoms with E-state index in [2.05, 4.69) is 10.6 Å². The van der Waals surface area contributed by atoms with E-state index in [9.17, 15) is 8.42 Å². The summed E-state index contributed by atoms with van der Waals surface area (Å²) in [6.07, 6.45) is 5.09. The topological polar surface area (TPSA) is 72.2 Å². The van der Waals surface area contributed by atoms with E-state index in [1.165, 1.54) is 11.8 Å². The van der Waals surface area contributed by atoms with Crippen molar-refractivity contribution in [2.75, 3.05) is 23.8 Å². The molecule has 6 heteroatoms. The first-order valence-corrected chi connectivity index (χ1v) is 8.17. The fourth-order valence-electron chi connectivity index (χ4n) is 1.35. The average molecular weight is 284 g/mol. The SMILES string of the molecule is C#CCSCCNS(=O)(=O)Cc1cccc(N)c1. The lowest BCUT2D eigenvalue weighted by Gasteiger charge is -2.06. The second-order valence-electron chi connectivity index (χ2n) is 3.66. The minimum atomic E-state index is -3.31. The second kappa shape index (κ2) is 7.31. The van der Waals surface area contributed by atoms with Gasteiger partial charge in [-0.1, -0.05) is 18.1 Å². The summed E-state index contributed by atoms with van der Waals surface area (Å²) in [6, 6.07) is 6.86. The summed E-state index contributed by atoms with van der Waals surface area (Å²) in [4.78, 5) is 0. The lowest BCUT2D eigenvalue weighted by Crippen LogP contribution is -2.27. The van der Waals surface area contributed by atoms with Gasteiger partial charge in [-0.15, -0.1) is 18.2 Å². The van der Waals surface area contributed by atoms with E-state index in [0.717, 1.165) is 0 Å². The first-order valence-electron chi connectivity index (χ1n) is 5.36. The molecule has 1 rings (SSSR count). The predicted molar refractivity (Wildman–Crippen MR) is 77.6 cm³/mol. The van der Waals surface area contributed by atoms with Crippen molar-refractivity contribution in [2.45, 2.75) is 5.75 Å². The molecule has 98 valence electrons. The highest BCUT2D eigenvalue weighted by Gasteiger charge is 2.10. The van der Waals surface area contributed by atoms with Gasteiger partial charge in [-0.05, 0) is 17.7 Å². The average Bonchev–Trinajstić information content (AvgIpc) is 2.28. The van der Waals surface area contributed by atoms with E-state index < -0.39 is 10.0 Å². The molecule has 0 unspecified atom stereocenters. The minimum Gasteiger partial charge on any atom is -0.399 e. The number of anilines is 1. The van der Waals surface area contributed by atoms with Crippen LogP contribution in [0.5, 0.6) is 0 Å². The van der Waals surface area contributed by atoms with Gasteiger partial charge in [0.05, 0.1) is 11.5 Å². The lowest BCUT2D eigenvalue weighted by molar-refractivity contribution is 0.583. The molecule has 0 bridgehead atoms. The Balaban J connectivity index is 2.43. The minimum absolute atomic E-state index is 0.0577. The Hall–Kier alpha value is -1.16. The summed E-state index contributed by atoms with van der Waals surface area (Å²) in [6.45, 7) is 0.386. The fourth-order valence-corrected chi connectivity index (χ4v) is 3.13. The van der Waals surface area contributed by atoms with Crippen molar-refractivity contribution in [3.8, 4) is 12.3 Å². The number of sulfonamides is 1. The van der Waals surface area contributed by atoms with Crippen molar-refractivity contribution in [3.63, 3.8) is 0 Å². The van der Waals surface area contributed by atoms with E-state index in [1.54, 1.807) is 24.3 Å². The number of nitrogens with two attached hydrogens (primary N) is 1. The van der Waals surface area contributed by atoms with Crippen molar-refractivity contribution < 1.29 is 8.42 Å². The van der Waals surface area contributed by atoms with E-state index in [-0.39, 0.29) is 5.75 Å². The predicted octanol–water partition coefficient (Wildman–Crippen LogP) is 1.05. The van der Waals surface area contributed by atoms with Gasteiger partial charge in [0.25, 0.3) is 0 Å². The molecule has 0 spiro atoms.